The van der Waals surface area contributed by atoms with Crippen LogP contribution in [0.5, 0.6) is 0 Å². The maximum Gasteiger partial charge on any atom is 0.0540 e. The SMILES string of the molecule is CC(C)C1CC(C(C)O)CC(C(C)O)C1. The van der Waals surface area contributed by atoms with Crippen LogP contribution in [0.2, 0.25) is 0 Å². The van der Waals surface area contributed by atoms with Crippen LogP contribution in [0.1, 0.15) is 47.0 Å². The van der Waals surface area contributed by atoms with Gasteiger partial charge in [-0.2, -0.15) is 0 Å². The molecule has 0 radical (unpaired) electrons. The normalized spacial score (nSPS) is 36.6. The van der Waals surface area contributed by atoms with Gasteiger partial charge >= 0.3 is 0 Å². The van der Waals surface area contributed by atoms with Crippen molar-refractivity contribution in [2.75, 3.05) is 0 Å². The molecular formula is C13H26O2. The molecule has 0 aliphatic heterocycles. The van der Waals surface area contributed by atoms with E-state index < -0.39 is 0 Å². The molecule has 2 nitrogen and oxygen atoms in total. The Morgan fingerprint density at radius 3 is 1.33 bits per heavy atom. The van der Waals surface area contributed by atoms with Crippen molar-refractivity contribution in [1.29, 1.82) is 0 Å². The molecule has 90 valence electrons. The van der Waals surface area contributed by atoms with Crippen LogP contribution >= 0.6 is 0 Å². The van der Waals surface area contributed by atoms with Crippen molar-refractivity contribution in [2.45, 2.75) is 59.2 Å². The zero-order valence-corrected chi connectivity index (χ0v) is 10.5. The molecule has 15 heavy (non-hydrogen) atoms. The summed E-state index contributed by atoms with van der Waals surface area (Å²) in [6, 6.07) is 0. The van der Waals surface area contributed by atoms with Gasteiger partial charge in [-0.05, 0) is 56.8 Å². The molecule has 0 aromatic rings. The van der Waals surface area contributed by atoms with Crippen molar-refractivity contribution < 1.29 is 10.2 Å². The second kappa shape index (κ2) is 5.31. The molecule has 0 aromatic carbocycles. The van der Waals surface area contributed by atoms with Crippen LogP contribution in [-0.2, 0) is 0 Å². The molecule has 1 saturated carbocycles. The molecule has 0 amide bonds. The highest BCUT2D eigenvalue weighted by Crippen LogP contribution is 2.39. The highest BCUT2D eigenvalue weighted by Gasteiger charge is 2.34. The number of hydrogen-bond acceptors (Lipinski definition) is 2. The quantitative estimate of drug-likeness (QED) is 0.757. The molecule has 0 heterocycles. The first-order valence-electron chi connectivity index (χ1n) is 6.28. The first-order chi connectivity index (χ1) is 6.91. The summed E-state index contributed by atoms with van der Waals surface area (Å²) >= 11 is 0. The third-order valence-corrected chi connectivity index (χ3v) is 4.12. The Balaban J connectivity index is 2.64. The fourth-order valence-electron chi connectivity index (χ4n) is 2.79. The van der Waals surface area contributed by atoms with Crippen LogP contribution in [0.25, 0.3) is 0 Å². The lowest BCUT2D eigenvalue weighted by Gasteiger charge is -2.39. The third-order valence-electron chi connectivity index (χ3n) is 4.12. The van der Waals surface area contributed by atoms with Crippen molar-refractivity contribution in [3.8, 4) is 0 Å². The van der Waals surface area contributed by atoms with Gasteiger partial charge in [0.05, 0.1) is 12.2 Å². The molecule has 1 fully saturated rings. The van der Waals surface area contributed by atoms with Gasteiger partial charge in [0, 0.05) is 0 Å². The van der Waals surface area contributed by atoms with E-state index in [-0.39, 0.29) is 12.2 Å². The predicted octanol–water partition coefficient (Wildman–Crippen LogP) is 2.44. The van der Waals surface area contributed by atoms with Gasteiger partial charge in [-0.15, -0.1) is 0 Å². The Kier molecular flexibility index (Phi) is 4.60. The summed E-state index contributed by atoms with van der Waals surface area (Å²) in [5.41, 5.74) is 0. The van der Waals surface area contributed by atoms with E-state index >= 15 is 0 Å². The summed E-state index contributed by atoms with van der Waals surface area (Å²) in [7, 11) is 0. The highest BCUT2D eigenvalue weighted by atomic mass is 16.3. The van der Waals surface area contributed by atoms with Gasteiger partial charge in [-0.25, -0.2) is 0 Å². The van der Waals surface area contributed by atoms with Crippen LogP contribution in [0.15, 0.2) is 0 Å². The monoisotopic (exact) mass is 214 g/mol. The molecule has 2 heteroatoms. The van der Waals surface area contributed by atoms with Crippen LogP contribution in [0.4, 0.5) is 0 Å². The largest absolute Gasteiger partial charge is 0.393 e. The highest BCUT2D eigenvalue weighted by molar-refractivity contribution is 4.84. The van der Waals surface area contributed by atoms with Gasteiger partial charge < -0.3 is 10.2 Å². The molecule has 2 N–H and O–H groups in total. The van der Waals surface area contributed by atoms with E-state index in [1.807, 2.05) is 13.8 Å². The Morgan fingerprint density at radius 1 is 0.733 bits per heavy atom. The van der Waals surface area contributed by atoms with E-state index in [2.05, 4.69) is 13.8 Å². The Labute approximate surface area is 93.7 Å². The first kappa shape index (κ1) is 13.0. The lowest BCUT2D eigenvalue weighted by molar-refractivity contribution is 0.00748. The van der Waals surface area contributed by atoms with E-state index in [1.165, 1.54) is 0 Å². The Hall–Kier alpha value is -0.0800. The maximum atomic E-state index is 9.69. The van der Waals surface area contributed by atoms with Crippen molar-refractivity contribution in [3.63, 3.8) is 0 Å². The molecule has 1 aliphatic carbocycles. The van der Waals surface area contributed by atoms with Crippen LogP contribution in [-0.4, -0.2) is 22.4 Å². The van der Waals surface area contributed by atoms with E-state index in [9.17, 15) is 10.2 Å². The predicted molar refractivity (Wildman–Crippen MR) is 62.5 cm³/mol. The summed E-state index contributed by atoms with van der Waals surface area (Å²) in [5, 5.41) is 19.4. The van der Waals surface area contributed by atoms with Crippen LogP contribution < -0.4 is 0 Å². The standard InChI is InChI=1S/C13H26O2/c1-8(2)11-5-12(9(3)14)7-13(6-11)10(4)15/h8-15H,5-7H2,1-4H3. The summed E-state index contributed by atoms with van der Waals surface area (Å²) in [6.45, 7) is 8.25. The van der Waals surface area contributed by atoms with Crippen molar-refractivity contribution in [2.24, 2.45) is 23.7 Å². The van der Waals surface area contributed by atoms with Crippen molar-refractivity contribution in [3.05, 3.63) is 0 Å². The van der Waals surface area contributed by atoms with E-state index in [4.69, 9.17) is 0 Å². The van der Waals surface area contributed by atoms with Gasteiger partial charge in [0.1, 0.15) is 0 Å². The minimum atomic E-state index is -0.229. The van der Waals surface area contributed by atoms with Gasteiger partial charge in [-0.1, -0.05) is 13.8 Å². The zero-order valence-electron chi connectivity index (χ0n) is 10.5. The second-order valence-corrected chi connectivity index (χ2v) is 5.71. The van der Waals surface area contributed by atoms with Gasteiger partial charge in [0.15, 0.2) is 0 Å². The summed E-state index contributed by atoms with van der Waals surface area (Å²) in [4.78, 5) is 0. The minimum Gasteiger partial charge on any atom is -0.393 e. The van der Waals surface area contributed by atoms with Crippen molar-refractivity contribution >= 4 is 0 Å². The molecule has 4 unspecified atom stereocenters. The molecule has 0 saturated heterocycles. The topological polar surface area (TPSA) is 40.5 Å². The van der Waals surface area contributed by atoms with Crippen LogP contribution in [0, 0.1) is 23.7 Å². The summed E-state index contributed by atoms with van der Waals surface area (Å²) in [6.07, 6.45) is 2.77. The maximum absolute atomic E-state index is 9.69. The summed E-state index contributed by atoms with van der Waals surface area (Å²) < 4.78 is 0. The minimum absolute atomic E-state index is 0.229. The molecule has 0 aromatic heterocycles. The molecule has 4 atom stereocenters. The molecule has 0 spiro atoms. The Bertz CT molecular complexity index is 148. The molecule has 1 rings (SSSR count). The lowest BCUT2D eigenvalue weighted by atomic mass is 9.68. The summed E-state index contributed by atoms with van der Waals surface area (Å²) in [5.74, 6) is 2.09. The zero-order chi connectivity index (χ0) is 11.6. The molecular weight excluding hydrogens is 188 g/mol. The Morgan fingerprint density at radius 2 is 1.07 bits per heavy atom. The average molecular weight is 214 g/mol. The second-order valence-electron chi connectivity index (χ2n) is 5.71. The van der Waals surface area contributed by atoms with E-state index in [1.54, 1.807) is 0 Å². The van der Waals surface area contributed by atoms with Gasteiger partial charge in [-0.3, -0.25) is 0 Å². The third kappa shape index (κ3) is 3.46. The average Bonchev–Trinajstić information content (AvgIpc) is 2.16. The molecule has 0 bridgehead atoms. The number of hydrogen-bond donors (Lipinski definition) is 2. The molecule has 1 aliphatic rings. The van der Waals surface area contributed by atoms with Crippen LogP contribution in [0.3, 0.4) is 0 Å². The number of rotatable bonds is 3. The van der Waals surface area contributed by atoms with Gasteiger partial charge in [0.2, 0.25) is 0 Å². The fraction of sp³-hybridized carbons (Fsp3) is 1.00. The number of aliphatic hydroxyl groups excluding tert-OH is 2. The van der Waals surface area contributed by atoms with E-state index in [0.717, 1.165) is 19.3 Å². The lowest BCUT2D eigenvalue weighted by Crippen LogP contribution is -2.35. The first-order valence-corrected chi connectivity index (χ1v) is 6.28. The fourth-order valence-corrected chi connectivity index (χ4v) is 2.79. The van der Waals surface area contributed by atoms with E-state index in [0.29, 0.717) is 23.7 Å². The smallest absolute Gasteiger partial charge is 0.0540 e. The van der Waals surface area contributed by atoms with Crippen molar-refractivity contribution in [1.82, 2.24) is 0 Å². The number of aliphatic hydroxyl groups is 2. The van der Waals surface area contributed by atoms with Gasteiger partial charge in [0.25, 0.3) is 0 Å².